The Morgan fingerprint density at radius 1 is 1.09 bits per heavy atom. The van der Waals surface area contributed by atoms with Crippen LogP contribution in [0.5, 0.6) is 0 Å². The second-order valence-corrected chi connectivity index (χ2v) is 6.04. The van der Waals surface area contributed by atoms with Crippen LogP contribution in [0.3, 0.4) is 0 Å². The molecule has 1 fully saturated rings. The van der Waals surface area contributed by atoms with Gasteiger partial charge in [0.2, 0.25) is 5.91 Å². The molecule has 1 amide bonds. The lowest BCUT2D eigenvalue weighted by atomic mass is 10.1. The normalized spacial score (nSPS) is 15.1. The van der Waals surface area contributed by atoms with Gasteiger partial charge < -0.3 is 10.0 Å². The number of halogens is 1. The second-order valence-electron chi connectivity index (χ2n) is 5.61. The van der Waals surface area contributed by atoms with Crippen molar-refractivity contribution in [1.29, 1.82) is 0 Å². The Hall–Kier alpha value is -1.59. The molecule has 0 saturated carbocycles. The van der Waals surface area contributed by atoms with Gasteiger partial charge in [-0.1, -0.05) is 23.7 Å². The summed E-state index contributed by atoms with van der Waals surface area (Å²) in [5.41, 5.74) is 0.942. The van der Waals surface area contributed by atoms with Crippen molar-refractivity contribution in [3.8, 4) is 0 Å². The molecule has 1 aromatic rings. The topological polar surface area (TPSA) is 60.9 Å². The summed E-state index contributed by atoms with van der Waals surface area (Å²) < 4.78 is 0. The molecule has 22 heavy (non-hydrogen) atoms. The SMILES string of the molecule is O=C(O)CN(CC(=O)N1CCCCC1)Cc1ccc(Cl)cc1. The van der Waals surface area contributed by atoms with Crippen molar-refractivity contribution in [2.75, 3.05) is 26.2 Å². The zero-order valence-corrected chi connectivity index (χ0v) is 13.3. The standard InChI is InChI=1S/C16H21ClN2O3/c17-14-6-4-13(5-7-14)10-18(12-16(21)22)11-15(20)19-8-2-1-3-9-19/h4-7H,1-3,8-12H2,(H,21,22). The lowest BCUT2D eigenvalue weighted by Crippen LogP contribution is -2.43. The first-order chi connectivity index (χ1) is 10.5. The van der Waals surface area contributed by atoms with E-state index in [-0.39, 0.29) is 19.0 Å². The van der Waals surface area contributed by atoms with Gasteiger partial charge in [-0.2, -0.15) is 0 Å². The van der Waals surface area contributed by atoms with E-state index in [1.807, 2.05) is 17.0 Å². The zero-order chi connectivity index (χ0) is 15.9. The molecule has 2 rings (SSSR count). The second kappa shape index (κ2) is 8.15. The minimum atomic E-state index is -0.930. The van der Waals surface area contributed by atoms with E-state index in [9.17, 15) is 9.59 Å². The summed E-state index contributed by atoms with van der Waals surface area (Å²) in [4.78, 5) is 26.8. The van der Waals surface area contributed by atoms with Crippen molar-refractivity contribution in [2.45, 2.75) is 25.8 Å². The monoisotopic (exact) mass is 324 g/mol. The summed E-state index contributed by atoms with van der Waals surface area (Å²) >= 11 is 5.85. The Morgan fingerprint density at radius 2 is 1.73 bits per heavy atom. The number of benzene rings is 1. The molecule has 6 heteroatoms. The first-order valence-electron chi connectivity index (χ1n) is 7.51. The maximum absolute atomic E-state index is 12.3. The van der Waals surface area contributed by atoms with Crippen molar-refractivity contribution < 1.29 is 14.7 Å². The molecule has 1 saturated heterocycles. The average Bonchev–Trinajstić information content (AvgIpc) is 2.50. The highest BCUT2D eigenvalue weighted by atomic mass is 35.5. The van der Waals surface area contributed by atoms with Gasteiger partial charge in [0.25, 0.3) is 0 Å². The van der Waals surface area contributed by atoms with Gasteiger partial charge in [-0.15, -0.1) is 0 Å². The molecule has 0 bridgehead atoms. The van der Waals surface area contributed by atoms with Crippen LogP contribution < -0.4 is 0 Å². The van der Waals surface area contributed by atoms with Crippen LogP contribution >= 0.6 is 11.6 Å². The van der Waals surface area contributed by atoms with Crippen LogP contribution in [0.4, 0.5) is 0 Å². The number of carboxylic acids is 1. The largest absolute Gasteiger partial charge is 0.480 e. The van der Waals surface area contributed by atoms with E-state index in [4.69, 9.17) is 16.7 Å². The van der Waals surface area contributed by atoms with Gasteiger partial charge >= 0.3 is 5.97 Å². The lowest BCUT2D eigenvalue weighted by molar-refractivity contribution is -0.140. The Bertz CT molecular complexity index is 513. The number of rotatable bonds is 6. The number of hydrogen-bond donors (Lipinski definition) is 1. The van der Waals surface area contributed by atoms with Crippen molar-refractivity contribution in [1.82, 2.24) is 9.80 Å². The van der Waals surface area contributed by atoms with Crippen LogP contribution in [0.2, 0.25) is 5.02 Å². The molecule has 5 nitrogen and oxygen atoms in total. The van der Waals surface area contributed by atoms with Gasteiger partial charge in [0.05, 0.1) is 13.1 Å². The van der Waals surface area contributed by atoms with E-state index >= 15 is 0 Å². The zero-order valence-electron chi connectivity index (χ0n) is 12.5. The number of carboxylic acid groups (broad SMARTS) is 1. The number of nitrogens with zero attached hydrogens (tertiary/aromatic N) is 2. The first-order valence-corrected chi connectivity index (χ1v) is 7.89. The fraction of sp³-hybridized carbons (Fsp3) is 0.500. The highest BCUT2D eigenvalue weighted by Gasteiger charge is 2.20. The molecular weight excluding hydrogens is 304 g/mol. The van der Waals surface area contributed by atoms with E-state index < -0.39 is 5.97 Å². The third kappa shape index (κ3) is 5.31. The molecule has 0 unspecified atom stereocenters. The van der Waals surface area contributed by atoms with Gasteiger partial charge in [-0.3, -0.25) is 14.5 Å². The summed E-state index contributed by atoms with van der Waals surface area (Å²) in [6.45, 7) is 1.96. The fourth-order valence-corrected chi connectivity index (χ4v) is 2.77. The number of carbonyl (C=O) groups is 2. The maximum atomic E-state index is 12.3. The van der Waals surface area contributed by atoms with Crippen LogP contribution in [0.25, 0.3) is 0 Å². The summed E-state index contributed by atoms with van der Waals surface area (Å²) in [5, 5.41) is 9.68. The van der Waals surface area contributed by atoms with Crippen molar-refractivity contribution in [3.63, 3.8) is 0 Å². The number of likely N-dealkylation sites (tertiary alicyclic amines) is 1. The van der Waals surface area contributed by atoms with E-state index in [2.05, 4.69) is 0 Å². The molecule has 1 aromatic carbocycles. The number of aliphatic carboxylic acids is 1. The molecule has 0 atom stereocenters. The average molecular weight is 325 g/mol. The van der Waals surface area contributed by atoms with E-state index in [0.29, 0.717) is 11.6 Å². The number of amides is 1. The third-order valence-corrected chi connectivity index (χ3v) is 4.00. The Balaban J connectivity index is 1.97. The molecule has 0 aliphatic carbocycles. The molecule has 0 radical (unpaired) electrons. The summed E-state index contributed by atoms with van der Waals surface area (Å²) in [7, 11) is 0. The summed E-state index contributed by atoms with van der Waals surface area (Å²) in [6.07, 6.45) is 3.22. The third-order valence-electron chi connectivity index (χ3n) is 3.75. The molecule has 0 aromatic heterocycles. The minimum absolute atomic E-state index is 0.00918. The fourth-order valence-electron chi connectivity index (χ4n) is 2.64. The Labute approximate surface area is 135 Å². The van der Waals surface area contributed by atoms with Crippen molar-refractivity contribution >= 4 is 23.5 Å². The predicted octanol–water partition coefficient (Wildman–Crippen LogP) is 2.24. The van der Waals surface area contributed by atoms with Crippen molar-refractivity contribution in [3.05, 3.63) is 34.9 Å². The molecule has 1 heterocycles. The summed E-state index contributed by atoms with van der Waals surface area (Å²) in [5.74, 6) is -0.921. The van der Waals surface area contributed by atoms with Gasteiger partial charge in [0.1, 0.15) is 0 Å². The van der Waals surface area contributed by atoms with Crippen LogP contribution in [-0.2, 0) is 16.1 Å². The predicted molar refractivity (Wildman–Crippen MR) is 84.8 cm³/mol. The van der Waals surface area contributed by atoms with E-state index in [0.717, 1.165) is 37.9 Å². The van der Waals surface area contributed by atoms with Gasteiger partial charge in [-0.25, -0.2) is 0 Å². The van der Waals surface area contributed by atoms with Gasteiger partial charge in [0, 0.05) is 24.7 Å². The molecule has 1 N–H and O–H groups in total. The van der Waals surface area contributed by atoms with Crippen LogP contribution in [0.15, 0.2) is 24.3 Å². The lowest BCUT2D eigenvalue weighted by Gasteiger charge is -2.29. The molecule has 120 valence electrons. The first kappa shape index (κ1) is 16.8. The van der Waals surface area contributed by atoms with E-state index in [1.165, 1.54) is 0 Å². The highest BCUT2D eigenvalue weighted by molar-refractivity contribution is 6.30. The maximum Gasteiger partial charge on any atom is 0.317 e. The quantitative estimate of drug-likeness (QED) is 0.871. The number of hydrogen-bond acceptors (Lipinski definition) is 3. The molecule has 0 spiro atoms. The molecule has 1 aliphatic rings. The minimum Gasteiger partial charge on any atom is -0.480 e. The van der Waals surface area contributed by atoms with Crippen LogP contribution in [-0.4, -0.2) is 53.0 Å². The van der Waals surface area contributed by atoms with Crippen LogP contribution in [0, 0.1) is 0 Å². The van der Waals surface area contributed by atoms with Gasteiger partial charge in [0.15, 0.2) is 0 Å². The van der Waals surface area contributed by atoms with Crippen molar-refractivity contribution in [2.24, 2.45) is 0 Å². The molecule has 1 aliphatic heterocycles. The molecular formula is C16H21ClN2O3. The Kier molecular flexibility index (Phi) is 6.21. The highest BCUT2D eigenvalue weighted by Crippen LogP contribution is 2.13. The number of piperidine rings is 1. The summed E-state index contributed by atoms with van der Waals surface area (Å²) in [6, 6.07) is 7.23. The van der Waals surface area contributed by atoms with Gasteiger partial charge in [-0.05, 0) is 37.0 Å². The van der Waals surface area contributed by atoms with Crippen LogP contribution in [0.1, 0.15) is 24.8 Å². The van der Waals surface area contributed by atoms with E-state index in [1.54, 1.807) is 17.0 Å². The smallest absolute Gasteiger partial charge is 0.317 e. The number of carbonyl (C=O) groups excluding carboxylic acids is 1. The Morgan fingerprint density at radius 3 is 2.32 bits per heavy atom.